The van der Waals surface area contributed by atoms with Gasteiger partial charge in [-0.3, -0.25) is 4.98 Å². The van der Waals surface area contributed by atoms with Gasteiger partial charge < -0.3 is 10.6 Å². The van der Waals surface area contributed by atoms with Crippen molar-refractivity contribution < 1.29 is 0 Å². The van der Waals surface area contributed by atoms with Crippen LogP contribution in [-0.4, -0.2) is 18.1 Å². The van der Waals surface area contributed by atoms with Crippen molar-refractivity contribution in [2.75, 3.05) is 18.4 Å². The summed E-state index contributed by atoms with van der Waals surface area (Å²) in [4.78, 5) is 4.38. The van der Waals surface area contributed by atoms with Crippen LogP contribution in [-0.2, 0) is 6.54 Å². The number of thiophene rings is 1. The maximum Gasteiger partial charge on any atom is 0.0992 e. The Hall–Kier alpha value is -2.65. The van der Waals surface area contributed by atoms with Gasteiger partial charge in [-0.2, -0.15) is 5.26 Å². The summed E-state index contributed by atoms with van der Waals surface area (Å²) < 4.78 is 1.18. The summed E-state index contributed by atoms with van der Waals surface area (Å²) in [5.41, 5.74) is 4.03. The third-order valence-corrected chi connectivity index (χ3v) is 6.13. The van der Waals surface area contributed by atoms with Crippen molar-refractivity contribution in [1.29, 1.82) is 5.26 Å². The molecule has 6 heteroatoms. The third-order valence-electron chi connectivity index (χ3n) is 4.90. The molecule has 0 spiro atoms. The molecule has 0 unspecified atom stereocenters. The molecule has 2 aromatic carbocycles. The fourth-order valence-electron chi connectivity index (χ4n) is 3.39. The standard InChI is InChI=1S/C23H21ClN4S/c24-18-4-6-20-21(7-10-28-22(20)12-18)27-9-2-1-8-26-14-17-15-29-23-11-16(13-25)3-5-19(17)23/h3-7,10-12,15,26H,1-2,8-9,14H2,(H,27,28). The highest BCUT2D eigenvalue weighted by molar-refractivity contribution is 7.17. The molecule has 29 heavy (non-hydrogen) atoms. The summed E-state index contributed by atoms with van der Waals surface area (Å²) in [6.45, 7) is 2.75. The summed E-state index contributed by atoms with van der Waals surface area (Å²) in [5.74, 6) is 0. The molecule has 0 aliphatic carbocycles. The van der Waals surface area contributed by atoms with E-state index in [4.69, 9.17) is 16.9 Å². The van der Waals surface area contributed by atoms with Gasteiger partial charge in [-0.05, 0) is 72.1 Å². The molecule has 0 bridgehead atoms. The fraction of sp³-hybridized carbons (Fsp3) is 0.217. The Balaban J connectivity index is 1.22. The number of aromatic nitrogens is 1. The lowest BCUT2D eigenvalue weighted by molar-refractivity contribution is 0.635. The Kier molecular flexibility index (Phi) is 6.26. The monoisotopic (exact) mass is 420 g/mol. The van der Waals surface area contributed by atoms with E-state index in [0.29, 0.717) is 5.02 Å². The molecule has 0 fully saturated rings. The Labute approximate surface area is 179 Å². The molecule has 0 aliphatic rings. The van der Waals surface area contributed by atoms with Crippen molar-refractivity contribution in [3.8, 4) is 6.07 Å². The van der Waals surface area contributed by atoms with Gasteiger partial charge in [0.15, 0.2) is 0 Å². The summed E-state index contributed by atoms with van der Waals surface area (Å²) >= 11 is 7.75. The van der Waals surface area contributed by atoms with Crippen molar-refractivity contribution in [2.24, 2.45) is 0 Å². The van der Waals surface area contributed by atoms with Crippen LogP contribution < -0.4 is 10.6 Å². The largest absolute Gasteiger partial charge is 0.384 e. The van der Waals surface area contributed by atoms with Gasteiger partial charge in [-0.25, -0.2) is 0 Å². The predicted octanol–water partition coefficient (Wildman–Crippen LogP) is 5.96. The van der Waals surface area contributed by atoms with Crippen LogP contribution in [0.3, 0.4) is 0 Å². The highest BCUT2D eigenvalue weighted by Crippen LogP contribution is 2.27. The Morgan fingerprint density at radius 3 is 2.79 bits per heavy atom. The van der Waals surface area contributed by atoms with Gasteiger partial charge in [-0.1, -0.05) is 17.7 Å². The smallest absolute Gasteiger partial charge is 0.0992 e. The van der Waals surface area contributed by atoms with E-state index in [1.807, 2.05) is 42.6 Å². The van der Waals surface area contributed by atoms with Crippen molar-refractivity contribution in [1.82, 2.24) is 10.3 Å². The number of nitrogens with one attached hydrogen (secondary N) is 2. The van der Waals surface area contributed by atoms with E-state index in [0.717, 1.165) is 54.6 Å². The van der Waals surface area contributed by atoms with E-state index in [1.54, 1.807) is 11.3 Å². The minimum absolute atomic E-state index is 0.706. The molecule has 4 nitrogen and oxygen atoms in total. The van der Waals surface area contributed by atoms with Crippen LogP contribution in [0.25, 0.3) is 21.0 Å². The number of pyridine rings is 1. The van der Waals surface area contributed by atoms with Crippen LogP contribution in [0.15, 0.2) is 54.0 Å². The Bertz CT molecular complexity index is 1180. The topological polar surface area (TPSA) is 60.7 Å². The maximum absolute atomic E-state index is 9.01. The Morgan fingerprint density at radius 1 is 1.03 bits per heavy atom. The molecule has 0 saturated carbocycles. The zero-order valence-electron chi connectivity index (χ0n) is 15.9. The maximum atomic E-state index is 9.01. The van der Waals surface area contributed by atoms with E-state index < -0.39 is 0 Å². The van der Waals surface area contributed by atoms with Gasteiger partial charge in [0, 0.05) is 40.1 Å². The average molecular weight is 421 g/mol. The van der Waals surface area contributed by atoms with Crippen molar-refractivity contribution in [2.45, 2.75) is 19.4 Å². The molecule has 4 aromatic rings. The molecule has 2 heterocycles. The number of rotatable bonds is 8. The molecule has 146 valence electrons. The number of fused-ring (bicyclic) bond motifs is 2. The SMILES string of the molecule is N#Cc1ccc2c(CNCCCCNc3ccnc4cc(Cl)ccc34)csc2c1. The van der Waals surface area contributed by atoms with Crippen molar-refractivity contribution in [3.05, 3.63) is 70.2 Å². The quantitative estimate of drug-likeness (QED) is 0.345. The molecule has 0 saturated heterocycles. The number of benzene rings is 2. The molecule has 0 aliphatic heterocycles. The molecule has 4 rings (SSSR count). The van der Waals surface area contributed by atoms with E-state index in [-0.39, 0.29) is 0 Å². The molecular weight excluding hydrogens is 400 g/mol. The van der Waals surface area contributed by atoms with E-state index in [1.165, 1.54) is 15.6 Å². The highest BCUT2D eigenvalue weighted by atomic mass is 35.5. The van der Waals surface area contributed by atoms with Crippen LogP contribution in [0.2, 0.25) is 5.02 Å². The zero-order valence-corrected chi connectivity index (χ0v) is 17.5. The summed E-state index contributed by atoms with van der Waals surface area (Å²) in [5, 5.41) is 21.3. The second kappa shape index (κ2) is 9.23. The number of nitriles is 1. The van der Waals surface area contributed by atoms with Gasteiger partial charge in [0.25, 0.3) is 0 Å². The number of unbranched alkanes of at least 4 members (excludes halogenated alkanes) is 1. The third kappa shape index (κ3) is 4.68. The molecule has 2 aromatic heterocycles. The van der Waals surface area contributed by atoms with E-state index in [9.17, 15) is 0 Å². The van der Waals surface area contributed by atoms with Crippen molar-refractivity contribution >= 4 is 49.6 Å². The molecular formula is C23H21ClN4S. The minimum Gasteiger partial charge on any atom is -0.384 e. The number of hydrogen-bond donors (Lipinski definition) is 2. The van der Waals surface area contributed by atoms with Crippen LogP contribution in [0, 0.1) is 11.3 Å². The minimum atomic E-state index is 0.706. The highest BCUT2D eigenvalue weighted by Gasteiger charge is 2.05. The lowest BCUT2D eigenvalue weighted by Crippen LogP contribution is -2.15. The lowest BCUT2D eigenvalue weighted by atomic mass is 10.1. The molecule has 0 radical (unpaired) electrons. The average Bonchev–Trinajstić information content (AvgIpc) is 3.15. The van der Waals surface area contributed by atoms with Gasteiger partial charge >= 0.3 is 0 Å². The first-order valence-corrected chi connectivity index (χ1v) is 10.9. The van der Waals surface area contributed by atoms with Gasteiger partial charge in [0.2, 0.25) is 0 Å². The summed E-state index contributed by atoms with van der Waals surface area (Å²) in [6, 6.07) is 15.9. The van der Waals surface area contributed by atoms with Gasteiger partial charge in [-0.15, -0.1) is 11.3 Å². The lowest BCUT2D eigenvalue weighted by Gasteiger charge is -2.10. The number of anilines is 1. The van der Waals surface area contributed by atoms with Crippen molar-refractivity contribution in [3.63, 3.8) is 0 Å². The van der Waals surface area contributed by atoms with Crippen LogP contribution in [0.5, 0.6) is 0 Å². The number of hydrogen-bond acceptors (Lipinski definition) is 5. The first-order chi connectivity index (χ1) is 14.2. The fourth-order valence-corrected chi connectivity index (χ4v) is 4.55. The number of halogens is 1. The summed E-state index contributed by atoms with van der Waals surface area (Å²) in [6.07, 6.45) is 4.00. The second-order valence-corrected chi connectivity index (χ2v) is 8.26. The van der Waals surface area contributed by atoms with Crippen LogP contribution in [0.1, 0.15) is 24.0 Å². The molecule has 0 amide bonds. The molecule has 2 N–H and O–H groups in total. The second-order valence-electron chi connectivity index (χ2n) is 6.91. The van der Waals surface area contributed by atoms with E-state index >= 15 is 0 Å². The normalized spacial score (nSPS) is 11.0. The zero-order chi connectivity index (χ0) is 20.1. The van der Waals surface area contributed by atoms with Gasteiger partial charge in [0.05, 0.1) is 17.1 Å². The predicted molar refractivity (Wildman–Crippen MR) is 123 cm³/mol. The van der Waals surface area contributed by atoms with E-state index in [2.05, 4.69) is 33.1 Å². The molecule has 0 atom stereocenters. The van der Waals surface area contributed by atoms with Gasteiger partial charge in [0.1, 0.15) is 0 Å². The Morgan fingerprint density at radius 2 is 1.90 bits per heavy atom. The first-order valence-electron chi connectivity index (χ1n) is 9.64. The van der Waals surface area contributed by atoms with Crippen LogP contribution in [0.4, 0.5) is 5.69 Å². The number of nitrogens with zero attached hydrogens (tertiary/aromatic N) is 2. The van der Waals surface area contributed by atoms with Crippen LogP contribution >= 0.6 is 22.9 Å². The first kappa shape index (κ1) is 19.7. The summed E-state index contributed by atoms with van der Waals surface area (Å²) in [7, 11) is 0.